The number of aromatic nitrogens is 2. The lowest BCUT2D eigenvalue weighted by Gasteiger charge is -2.32. The highest BCUT2D eigenvalue weighted by Gasteiger charge is 2.25. The molecule has 0 unspecified atom stereocenters. The van der Waals surface area contributed by atoms with Crippen LogP contribution in [0.5, 0.6) is 0 Å². The molecular formula is C27H29F2N7. The van der Waals surface area contributed by atoms with E-state index in [-0.39, 0.29) is 23.1 Å². The van der Waals surface area contributed by atoms with Gasteiger partial charge < -0.3 is 15.1 Å². The number of piperidine rings is 1. The van der Waals surface area contributed by atoms with Crippen LogP contribution >= 0.6 is 0 Å². The maximum absolute atomic E-state index is 15.5. The second kappa shape index (κ2) is 10.1. The monoisotopic (exact) mass is 489 g/mol. The minimum Gasteiger partial charge on any atom is -0.371 e. The Labute approximate surface area is 209 Å². The standard InChI is InChI=1S/C27H29F2N7/c1-34(21-5-4-10-32-17-21)27(31)24-15-26(18-6-7-19(16-30)22(28)13-18)36(33-24)25-9-8-20(14-23(25)29)35-11-2-3-12-35/h6-9,13-15,21,31-32H,2-5,10-12,17H2,1H3/t21-/m1/s1. The van der Waals surface area contributed by atoms with Crippen molar-refractivity contribution < 1.29 is 8.78 Å². The molecule has 0 spiro atoms. The predicted octanol–water partition coefficient (Wildman–Crippen LogP) is 4.30. The Hall–Kier alpha value is -3.77. The van der Waals surface area contributed by atoms with Gasteiger partial charge in [0, 0.05) is 44.0 Å². The number of nitriles is 1. The van der Waals surface area contributed by atoms with E-state index in [1.807, 2.05) is 24.1 Å². The average Bonchev–Trinajstić information content (AvgIpc) is 3.59. The van der Waals surface area contributed by atoms with Crippen LogP contribution in [0.1, 0.15) is 36.9 Å². The Bertz CT molecular complexity index is 1310. The van der Waals surface area contributed by atoms with Crippen molar-refractivity contribution in [1.82, 2.24) is 20.0 Å². The molecule has 0 saturated carbocycles. The lowest BCUT2D eigenvalue weighted by molar-refractivity contribution is 0.292. The summed E-state index contributed by atoms with van der Waals surface area (Å²) in [6, 6.07) is 13.0. The molecule has 2 saturated heterocycles. The van der Waals surface area contributed by atoms with E-state index in [1.54, 1.807) is 18.2 Å². The van der Waals surface area contributed by atoms with Crippen LogP contribution in [-0.4, -0.2) is 59.8 Å². The van der Waals surface area contributed by atoms with Crippen molar-refractivity contribution in [2.24, 2.45) is 0 Å². The molecule has 5 rings (SSSR count). The quantitative estimate of drug-likeness (QED) is 0.413. The summed E-state index contributed by atoms with van der Waals surface area (Å²) in [4.78, 5) is 4.04. The van der Waals surface area contributed by atoms with Crippen molar-refractivity contribution in [1.29, 1.82) is 10.7 Å². The van der Waals surface area contributed by atoms with Gasteiger partial charge in [0.25, 0.3) is 0 Å². The predicted molar refractivity (Wildman–Crippen MR) is 136 cm³/mol. The number of hydrogen-bond acceptors (Lipinski definition) is 5. The Balaban J connectivity index is 1.56. The first-order chi connectivity index (χ1) is 17.5. The maximum atomic E-state index is 15.5. The van der Waals surface area contributed by atoms with Crippen molar-refractivity contribution in [2.45, 2.75) is 31.7 Å². The second-order valence-corrected chi connectivity index (χ2v) is 9.42. The van der Waals surface area contributed by atoms with E-state index in [9.17, 15) is 4.39 Å². The van der Waals surface area contributed by atoms with E-state index in [4.69, 9.17) is 10.7 Å². The molecule has 9 heteroatoms. The third-order valence-electron chi connectivity index (χ3n) is 7.14. The van der Waals surface area contributed by atoms with Crippen molar-refractivity contribution in [3.05, 3.63) is 65.4 Å². The minimum absolute atomic E-state index is 0.0662. The van der Waals surface area contributed by atoms with Crippen LogP contribution in [0.4, 0.5) is 14.5 Å². The smallest absolute Gasteiger partial charge is 0.150 e. The molecule has 2 N–H and O–H groups in total. The van der Waals surface area contributed by atoms with Crippen LogP contribution < -0.4 is 10.2 Å². The lowest BCUT2D eigenvalue weighted by Crippen LogP contribution is -2.46. The zero-order chi connectivity index (χ0) is 25.2. The second-order valence-electron chi connectivity index (χ2n) is 9.42. The fraction of sp³-hybridized carbons (Fsp3) is 0.370. The molecule has 0 bridgehead atoms. The number of benzene rings is 2. The van der Waals surface area contributed by atoms with Gasteiger partial charge in [-0.2, -0.15) is 10.4 Å². The summed E-state index contributed by atoms with van der Waals surface area (Å²) >= 11 is 0. The Morgan fingerprint density at radius 2 is 1.92 bits per heavy atom. The van der Waals surface area contributed by atoms with Crippen molar-refractivity contribution in [3.8, 4) is 23.0 Å². The van der Waals surface area contributed by atoms with Gasteiger partial charge in [0.15, 0.2) is 5.82 Å². The SMILES string of the molecule is CN(C(=N)c1cc(-c2ccc(C#N)c(F)c2)n(-c2ccc(N3CCCC3)cc2F)n1)[C@@H]1CCCNC1. The van der Waals surface area contributed by atoms with Crippen molar-refractivity contribution in [2.75, 3.05) is 38.1 Å². The van der Waals surface area contributed by atoms with E-state index in [0.717, 1.165) is 57.5 Å². The average molecular weight is 490 g/mol. The molecule has 1 aromatic heterocycles. The fourth-order valence-electron chi connectivity index (χ4n) is 5.02. The summed E-state index contributed by atoms with van der Waals surface area (Å²) in [5, 5.41) is 25.9. The topological polar surface area (TPSA) is 84.0 Å². The summed E-state index contributed by atoms with van der Waals surface area (Å²) in [6.45, 7) is 3.55. The van der Waals surface area contributed by atoms with Crippen LogP contribution in [-0.2, 0) is 0 Å². The van der Waals surface area contributed by atoms with Gasteiger partial charge in [0.2, 0.25) is 0 Å². The number of rotatable bonds is 5. The van der Waals surface area contributed by atoms with Crippen LogP contribution in [0.25, 0.3) is 16.9 Å². The Morgan fingerprint density at radius 1 is 1.11 bits per heavy atom. The van der Waals surface area contributed by atoms with Gasteiger partial charge >= 0.3 is 0 Å². The summed E-state index contributed by atoms with van der Waals surface area (Å²) in [5.41, 5.74) is 2.24. The first-order valence-corrected chi connectivity index (χ1v) is 12.3. The number of amidine groups is 1. The Kier molecular flexibility index (Phi) is 6.70. The van der Waals surface area contributed by atoms with Crippen molar-refractivity contribution >= 4 is 11.5 Å². The molecular weight excluding hydrogens is 460 g/mol. The van der Waals surface area contributed by atoms with E-state index < -0.39 is 11.6 Å². The van der Waals surface area contributed by atoms with E-state index in [2.05, 4.69) is 15.3 Å². The first kappa shape index (κ1) is 23.9. The highest BCUT2D eigenvalue weighted by Crippen LogP contribution is 2.30. The molecule has 2 fully saturated rings. The molecule has 0 radical (unpaired) electrons. The molecule has 36 heavy (non-hydrogen) atoms. The number of likely N-dealkylation sites (N-methyl/N-ethyl adjacent to an activating group) is 1. The van der Waals surface area contributed by atoms with Crippen molar-refractivity contribution in [3.63, 3.8) is 0 Å². The molecule has 3 aromatic rings. The number of nitrogens with zero attached hydrogens (tertiary/aromatic N) is 5. The summed E-state index contributed by atoms with van der Waals surface area (Å²) < 4.78 is 31.4. The third-order valence-corrected chi connectivity index (χ3v) is 7.14. The van der Waals surface area contributed by atoms with E-state index in [1.165, 1.54) is 22.9 Å². The normalized spacial score (nSPS) is 17.7. The van der Waals surface area contributed by atoms with Gasteiger partial charge in [-0.1, -0.05) is 6.07 Å². The molecule has 7 nitrogen and oxygen atoms in total. The van der Waals surface area contributed by atoms with Crippen LogP contribution in [0.3, 0.4) is 0 Å². The largest absolute Gasteiger partial charge is 0.371 e. The summed E-state index contributed by atoms with van der Waals surface area (Å²) in [5.74, 6) is -0.887. The van der Waals surface area contributed by atoms with Gasteiger partial charge in [-0.05, 0) is 68.6 Å². The molecule has 1 atom stereocenters. The van der Waals surface area contributed by atoms with Gasteiger partial charge in [-0.15, -0.1) is 0 Å². The first-order valence-electron chi connectivity index (χ1n) is 12.3. The number of hydrogen-bond donors (Lipinski definition) is 2. The number of halogens is 2. The third kappa shape index (κ3) is 4.56. The molecule has 0 amide bonds. The summed E-state index contributed by atoms with van der Waals surface area (Å²) in [7, 11) is 1.87. The fourth-order valence-corrected chi connectivity index (χ4v) is 5.02. The van der Waals surface area contributed by atoms with Crippen LogP contribution in [0.2, 0.25) is 0 Å². The van der Waals surface area contributed by atoms with Crippen LogP contribution in [0.15, 0.2) is 42.5 Å². The Morgan fingerprint density at radius 3 is 2.58 bits per heavy atom. The highest BCUT2D eigenvalue weighted by molar-refractivity contribution is 5.95. The number of nitrogens with one attached hydrogen (secondary N) is 2. The zero-order valence-electron chi connectivity index (χ0n) is 20.3. The van der Waals surface area contributed by atoms with E-state index >= 15 is 4.39 Å². The van der Waals surface area contributed by atoms with Gasteiger partial charge in [0.05, 0.1) is 11.3 Å². The molecule has 186 valence electrons. The highest BCUT2D eigenvalue weighted by atomic mass is 19.1. The molecule has 2 aromatic carbocycles. The number of anilines is 1. The van der Waals surface area contributed by atoms with Gasteiger partial charge in [-0.3, -0.25) is 5.41 Å². The van der Waals surface area contributed by atoms with Gasteiger partial charge in [0.1, 0.15) is 29.1 Å². The lowest BCUT2D eigenvalue weighted by atomic mass is 10.1. The zero-order valence-corrected chi connectivity index (χ0v) is 20.3. The van der Waals surface area contributed by atoms with E-state index in [0.29, 0.717) is 17.0 Å². The molecule has 3 heterocycles. The summed E-state index contributed by atoms with van der Waals surface area (Å²) in [6.07, 6.45) is 4.17. The maximum Gasteiger partial charge on any atom is 0.150 e. The minimum atomic E-state index is -0.658. The molecule has 2 aliphatic heterocycles. The van der Waals surface area contributed by atoms with Gasteiger partial charge in [-0.25, -0.2) is 13.5 Å². The van der Waals surface area contributed by atoms with Crippen LogP contribution in [0, 0.1) is 28.4 Å². The molecule has 0 aliphatic carbocycles. The molecule has 2 aliphatic rings.